The lowest BCUT2D eigenvalue weighted by Crippen LogP contribution is -3.00. The van der Waals surface area contributed by atoms with Gasteiger partial charge in [-0.15, -0.1) is 0 Å². The molecule has 36 heavy (non-hydrogen) atoms. The summed E-state index contributed by atoms with van der Waals surface area (Å²) in [4.78, 5) is 0. The lowest BCUT2D eigenvalue weighted by molar-refractivity contribution is -0.949. The first-order chi connectivity index (χ1) is 17.1. The van der Waals surface area contributed by atoms with E-state index >= 15 is 0 Å². The van der Waals surface area contributed by atoms with Crippen LogP contribution in [0.5, 0.6) is 0 Å². The SMILES string of the molecule is C[N+]1(CCOCc2ccccc2)C2CCC1CC(CC(C#N)(c1ccccc1)c1ccccc1)C2.[Br-]. The molecule has 188 valence electrons. The zero-order chi connectivity index (χ0) is 24.1. The Hall–Kier alpha value is -2.45. The van der Waals surface area contributed by atoms with Crippen molar-refractivity contribution in [2.75, 3.05) is 20.2 Å². The Kier molecular flexibility index (Phi) is 8.67. The molecule has 4 heteroatoms. The number of halogens is 1. The minimum absolute atomic E-state index is 0. The molecule has 3 aromatic rings. The van der Waals surface area contributed by atoms with Gasteiger partial charge in [0.1, 0.15) is 12.0 Å². The zero-order valence-electron chi connectivity index (χ0n) is 21.2. The maximum absolute atomic E-state index is 10.6. The van der Waals surface area contributed by atoms with E-state index in [4.69, 9.17) is 4.74 Å². The molecule has 0 aromatic heterocycles. The Morgan fingerprint density at radius 1 is 0.833 bits per heavy atom. The van der Waals surface area contributed by atoms with Gasteiger partial charge in [0.2, 0.25) is 0 Å². The molecule has 0 N–H and O–H groups in total. The third kappa shape index (κ3) is 5.30. The average Bonchev–Trinajstić information content (AvgIpc) is 3.07. The van der Waals surface area contributed by atoms with Crippen LogP contribution in [0.15, 0.2) is 91.0 Å². The van der Waals surface area contributed by atoms with Gasteiger partial charge in [0.15, 0.2) is 0 Å². The summed E-state index contributed by atoms with van der Waals surface area (Å²) in [5.41, 5.74) is 2.90. The molecule has 3 nitrogen and oxygen atoms in total. The van der Waals surface area contributed by atoms with E-state index in [2.05, 4.69) is 85.9 Å². The lowest BCUT2D eigenvalue weighted by Gasteiger charge is -2.48. The molecule has 2 heterocycles. The molecule has 2 atom stereocenters. The Labute approximate surface area is 227 Å². The molecule has 2 aliphatic heterocycles. The van der Waals surface area contributed by atoms with Crippen molar-refractivity contribution in [1.82, 2.24) is 0 Å². The molecule has 2 bridgehead atoms. The average molecular weight is 546 g/mol. The fourth-order valence-electron chi connectivity index (χ4n) is 6.87. The molecule has 2 fully saturated rings. The van der Waals surface area contributed by atoms with Crippen LogP contribution in [0.2, 0.25) is 0 Å². The van der Waals surface area contributed by atoms with Gasteiger partial charge in [-0.3, -0.25) is 0 Å². The first-order valence-electron chi connectivity index (χ1n) is 13.1. The fraction of sp³-hybridized carbons (Fsp3) is 0.406. The summed E-state index contributed by atoms with van der Waals surface area (Å²) < 4.78 is 7.23. The normalized spacial score (nSPS) is 25.1. The number of nitrogens with zero attached hydrogens (tertiary/aromatic N) is 2. The number of fused-ring (bicyclic) bond motifs is 2. The van der Waals surface area contributed by atoms with E-state index in [9.17, 15) is 5.26 Å². The molecule has 2 unspecified atom stereocenters. The van der Waals surface area contributed by atoms with Crippen molar-refractivity contribution < 1.29 is 26.2 Å². The number of hydrogen-bond donors (Lipinski definition) is 0. The molecule has 0 amide bonds. The van der Waals surface area contributed by atoms with Crippen molar-refractivity contribution in [2.45, 2.75) is 56.2 Å². The lowest BCUT2D eigenvalue weighted by atomic mass is 9.67. The first kappa shape index (κ1) is 26.6. The van der Waals surface area contributed by atoms with E-state index in [1.165, 1.54) is 31.2 Å². The Morgan fingerprint density at radius 3 is 1.83 bits per heavy atom. The maximum Gasteiger partial charge on any atom is 0.107 e. The number of rotatable bonds is 9. The fourth-order valence-corrected chi connectivity index (χ4v) is 6.87. The molecule has 0 saturated carbocycles. The second-order valence-electron chi connectivity index (χ2n) is 10.8. The second-order valence-corrected chi connectivity index (χ2v) is 10.8. The van der Waals surface area contributed by atoms with E-state index in [1.807, 2.05) is 18.2 Å². The molecular formula is C32H37BrN2O. The van der Waals surface area contributed by atoms with Crippen LogP contribution >= 0.6 is 0 Å². The summed E-state index contributed by atoms with van der Waals surface area (Å²) in [7, 11) is 2.45. The predicted molar refractivity (Wildman–Crippen MR) is 141 cm³/mol. The minimum Gasteiger partial charge on any atom is -1.00 e. The molecule has 2 aliphatic rings. The summed E-state index contributed by atoms with van der Waals surface area (Å²) in [5, 5.41) is 10.6. The van der Waals surface area contributed by atoms with E-state index in [0.29, 0.717) is 24.6 Å². The highest BCUT2D eigenvalue weighted by atomic mass is 79.9. The Bertz CT molecular complexity index is 1080. The molecule has 0 spiro atoms. The smallest absolute Gasteiger partial charge is 0.107 e. The van der Waals surface area contributed by atoms with Crippen LogP contribution in [-0.4, -0.2) is 36.8 Å². The number of quaternary nitrogens is 1. The van der Waals surface area contributed by atoms with Crippen molar-refractivity contribution in [3.63, 3.8) is 0 Å². The van der Waals surface area contributed by atoms with E-state index < -0.39 is 5.41 Å². The van der Waals surface area contributed by atoms with Gasteiger partial charge in [0, 0.05) is 25.7 Å². The van der Waals surface area contributed by atoms with Gasteiger partial charge in [-0.2, -0.15) is 5.26 Å². The highest BCUT2D eigenvalue weighted by Crippen LogP contribution is 2.48. The van der Waals surface area contributed by atoms with Gasteiger partial charge >= 0.3 is 0 Å². The van der Waals surface area contributed by atoms with E-state index in [-0.39, 0.29) is 17.0 Å². The third-order valence-electron chi connectivity index (χ3n) is 8.86. The molecule has 0 aliphatic carbocycles. The van der Waals surface area contributed by atoms with Crippen molar-refractivity contribution in [1.29, 1.82) is 5.26 Å². The van der Waals surface area contributed by atoms with E-state index in [0.717, 1.165) is 35.2 Å². The van der Waals surface area contributed by atoms with Gasteiger partial charge in [-0.1, -0.05) is 91.0 Å². The molecule has 5 rings (SSSR count). The number of benzene rings is 3. The molecule has 0 radical (unpaired) electrons. The van der Waals surface area contributed by atoms with Gasteiger partial charge in [-0.05, 0) is 29.0 Å². The van der Waals surface area contributed by atoms with Gasteiger partial charge in [0.25, 0.3) is 0 Å². The topological polar surface area (TPSA) is 33.0 Å². The number of piperidine rings is 1. The Balaban J connectivity index is 0.00000304. The van der Waals surface area contributed by atoms with Crippen LogP contribution in [0.4, 0.5) is 0 Å². The van der Waals surface area contributed by atoms with Crippen LogP contribution in [0, 0.1) is 17.2 Å². The van der Waals surface area contributed by atoms with Crippen LogP contribution in [-0.2, 0) is 16.8 Å². The number of likely N-dealkylation sites (N-methyl/N-ethyl adjacent to an activating group) is 1. The van der Waals surface area contributed by atoms with Crippen molar-refractivity contribution in [3.05, 3.63) is 108 Å². The van der Waals surface area contributed by atoms with E-state index in [1.54, 1.807) is 0 Å². The summed E-state index contributed by atoms with van der Waals surface area (Å²) in [6, 6.07) is 35.5. The summed E-state index contributed by atoms with van der Waals surface area (Å²) in [6.07, 6.45) is 5.90. The van der Waals surface area contributed by atoms with Gasteiger partial charge in [0.05, 0.1) is 38.4 Å². The molecule has 3 aromatic carbocycles. The largest absolute Gasteiger partial charge is 1.00 e. The standard InChI is InChI=1S/C32H37N2O.BrH/c1-34(19-20-35-24-26-11-5-2-6-12-26)30-17-18-31(34)22-27(21-30)23-32(25-33,28-13-7-3-8-14-28)29-15-9-4-10-16-29;/h2-16,27,30-31H,17-24H2,1H3;1H/q+1;/p-1. The summed E-state index contributed by atoms with van der Waals surface area (Å²) >= 11 is 0. The highest BCUT2D eigenvalue weighted by molar-refractivity contribution is 5.46. The van der Waals surface area contributed by atoms with Crippen LogP contribution in [0.25, 0.3) is 0 Å². The number of hydrogen-bond acceptors (Lipinski definition) is 2. The predicted octanol–water partition coefficient (Wildman–Crippen LogP) is 3.49. The Morgan fingerprint density at radius 2 is 1.33 bits per heavy atom. The van der Waals surface area contributed by atoms with Gasteiger partial charge in [-0.25, -0.2) is 0 Å². The van der Waals surface area contributed by atoms with Crippen molar-refractivity contribution in [3.8, 4) is 6.07 Å². The first-order valence-corrected chi connectivity index (χ1v) is 13.1. The van der Waals surface area contributed by atoms with Crippen LogP contribution < -0.4 is 17.0 Å². The summed E-state index contributed by atoms with van der Waals surface area (Å²) in [5.74, 6) is 0.559. The number of ether oxygens (including phenoxy) is 1. The second kappa shape index (κ2) is 11.7. The third-order valence-corrected chi connectivity index (χ3v) is 8.86. The molecule has 2 saturated heterocycles. The quantitative estimate of drug-likeness (QED) is 0.305. The minimum atomic E-state index is -0.591. The molecular weight excluding hydrogens is 508 g/mol. The number of nitriles is 1. The van der Waals surface area contributed by atoms with Crippen LogP contribution in [0.3, 0.4) is 0 Å². The van der Waals surface area contributed by atoms with Crippen molar-refractivity contribution >= 4 is 0 Å². The van der Waals surface area contributed by atoms with Crippen LogP contribution in [0.1, 0.15) is 48.8 Å². The summed E-state index contributed by atoms with van der Waals surface area (Å²) in [6.45, 7) is 2.58. The zero-order valence-corrected chi connectivity index (χ0v) is 22.8. The van der Waals surface area contributed by atoms with Gasteiger partial charge < -0.3 is 26.2 Å². The monoisotopic (exact) mass is 544 g/mol. The van der Waals surface area contributed by atoms with Crippen molar-refractivity contribution in [2.24, 2.45) is 5.92 Å². The maximum atomic E-state index is 10.6. The highest BCUT2D eigenvalue weighted by Gasteiger charge is 2.52.